The molecule has 2 aromatic rings. The monoisotopic (exact) mass is 328 g/mol. The molecular formula is C17H16N2O5. The van der Waals surface area contributed by atoms with Gasteiger partial charge >= 0.3 is 0 Å². The van der Waals surface area contributed by atoms with Crippen LogP contribution >= 0.6 is 0 Å². The van der Waals surface area contributed by atoms with E-state index in [4.69, 9.17) is 9.47 Å². The molecule has 0 fully saturated rings. The minimum atomic E-state index is -0.516. The summed E-state index contributed by atoms with van der Waals surface area (Å²) in [6, 6.07) is 11.2. The quantitative estimate of drug-likeness (QED) is 0.636. The van der Waals surface area contributed by atoms with Crippen molar-refractivity contribution >= 4 is 11.6 Å². The van der Waals surface area contributed by atoms with Crippen molar-refractivity contribution in [3.8, 4) is 11.5 Å². The fraction of sp³-hybridized carbons (Fsp3) is 0.235. The number of benzene rings is 2. The summed E-state index contributed by atoms with van der Waals surface area (Å²) in [5.41, 5.74) is 1.07. The number of fused-ring (bicyclic) bond motifs is 1. The van der Waals surface area contributed by atoms with Gasteiger partial charge in [-0.25, -0.2) is 0 Å². The Balaban J connectivity index is 1.74. The maximum Gasteiger partial charge on any atom is 0.270 e. The number of rotatable bonds is 4. The molecule has 124 valence electrons. The first kappa shape index (κ1) is 15.8. The van der Waals surface area contributed by atoms with Gasteiger partial charge < -0.3 is 14.4 Å². The lowest BCUT2D eigenvalue weighted by molar-refractivity contribution is -0.384. The van der Waals surface area contributed by atoms with E-state index in [1.54, 1.807) is 13.1 Å². The van der Waals surface area contributed by atoms with E-state index < -0.39 is 4.92 Å². The van der Waals surface area contributed by atoms with E-state index in [2.05, 4.69) is 0 Å². The molecule has 0 spiro atoms. The number of hydrogen-bond acceptors (Lipinski definition) is 5. The topological polar surface area (TPSA) is 81.9 Å². The minimum absolute atomic E-state index is 0.103. The summed E-state index contributed by atoms with van der Waals surface area (Å²) in [6.45, 7) is 1.38. The molecule has 2 aromatic carbocycles. The van der Waals surface area contributed by atoms with E-state index in [1.807, 2.05) is 18.2 Å². The Kier molecular flexibility index (Phi) is 4.33. The molecule has 0 bridgehead atoms. The summed E-state index contributed by atoms with van der Waals surface area (Å²) in [7, 11) is 1.65. The highest BCUT2D eigenvalue weighted by Gasteiger charge is 2.17. The van der Waals surface area contributed by atoms with Crippen molar-refractivity contribution in [2.75, 3.05) is 20.3 Å². The van der Waals surface area contributed by atoms with Gasteiger partial charge in [0.05, 0.1) is 4.92 Å². The third kappa shape index (κ3) is 3.29. The second kappa shape index (κ2) is 6.57. The predicted molar refractivity (Wildman–Crippen MR) is 86.3 cm³/mol. The van der Waals surface area contributed by atoms with Crippen LogP contribution in [0, 0.1) is 10.1 Å². The lowest BCUT2D eigenvalue weighted by Gasteiger charge is -2.21. The number of nitro groups is 1. The summed E-state index contributed by atoms with van der Waals surface area (Å²) in [4.78, 5) is 24.3. The normalized spacial score (nSPS) is 12.5. The van der Waals surface area contributed by atoms with Crippen molar-refractivity contribution in [2.45, 2.75) is 6.54 Å². The minimum Gasteiger partial charge on any atom is -0.486 e. The second-order valence-electron chi connectivity index (χ2n) is 5.45. The largest absolute Gasteiger partial charge is 0.486 e. The van der Waals surface area contributed by atoms with Gasteiger partial charge in [0.25, 0.3) is 11.6 Å². The molecule has 0 aromatic heterocycles. The molecule has 1 aliphatic rings. The van der Waals surface area contributed by atoms with Crippen molar-refractivity contribution in [1.29, 1.82) is 0 Å². The smallest absolute Gasteiger partial charge is 0.270 e. The molecule has 0 radical (unpaired) electrons. The molecule has 0 saturated heterocycles. The molecule has 0 saturated carbocycles. The maximum absolute atomic E-state index is 12.5. The molecule has 3 rings (SSSR count). The number of non-ortho nitro benzene ring substituents is 1. The zero-order valence-electron chi connectivity index (χ0n) is 13.1. The van der Waals surface area contributed by atoms with Crippen LogP contribution in [0.15, 0.2) is 42.5 Å². The Labute approximate surface area is 138 Å². The summed E-state index contributed by atoms with van der Waals surface area (Å²) in [6.07, 6.45) is 0. The van der Waals surface area contributed by atoms with Crippen molar-refractivity contribution in [1.82, 2.24) is 4.90 Å². The van der Waals surface area contributed by atoms with E-state index in [0.29, 0.717) is 31.3 Å². The fourth-order valence-corrected chi connectivity index (χ4v) is 2.50. The molecule has 1 amide bonds. The zero-order valence-corrected chi connectivity index (χ0v) is 13.1. The van der Waals surface area contributed by atoms with Crippen LogP contribution in [0.25, 0.3) is 0 Å². The van der Waals surface area contributed by atoms with Gasteiger partial charge in [0, 0.05) is 31.3 Å². The number of hydrogen-bond donors (Lipinski definition) is 0. The number of nitro benzene ring substituents is 1. The van der Waals surface area contributed by atoms with Crippen molar-refractivity contribution in [3.63, 3.8) is 0 Å². The molecule has 7 nitrogen and oxygen atoms in total. The van der Waals surface area contributed by atoms with Gasteiger partial charge in [-0.3, -0.25) is 14.9 Å². The van der Waals surface area contributed by atoms with Crippen LogP contribution in [-0.2, 0) is 6.54 Å². The summed E-state index contributed by atoms with van der Waals surface area (Å²) >= 11 is 0. The molecule has 24 heavy (non-hydrogen) atoms. The Morgan fingerprint density at radius 1 is 1.17 bits per heavy atom. The van der Waals surface area contributed by atoms with Crippen LogP contribution in [0.1, 0.15) is 15.9 Å². The lowest BCUT2D eigenvalue weighted by Crippen LogP contribution is -2.26. The van der Waals surface area contributed by atoms with E-state index >= 15 is 0 Å². The van der Waals surface area contributed by atoms with E-state index in [9.17, 15) is 14.9 Å². The van der Waals surface area contributed by atoms with Crippen LogP contribution < -0.4 is 9.47 Å². The Hall–Kier alpha value is -3.09. The number of carbonyl (C=O) groups is 1. The average Bonchev–Trinajstić information content (AvgIpc) is 2.61. The van der Waals surface area contributed by atoms with Gasteiger partial charge in [0.2, 0.25) is 0 Å². The fourth-order valence-electron chi connectivity index (χ4n) is 2.50. The lowest BCUT2D eigenvalue weighted by atomic mass is 10.1. The SMILES string of the molecule is CN(Cc1ccc2c(c1)OCCO2)C(=O)c1cccc([N+](=O)[O-])c1. The molecular weight excluding hydrogens is 312 g/mol. The summed E-state index contributed by atoms with van der Waals surface area (Å²) in [5.74, 6) is 1.07. The highest BCUT2D eigenvalue weighted by Crippen LogP contribution is 2.31. The second-order valence-corrected chi connectivity index (χ2v) is 5.45. The highest BCUT2D eigenvalue weighted by atomic mass is 16.6. The van der Waals surface area contributed by atoms with E-state index in [-0.39, 0.29) is 17.2 Å². The number of carbonyl (C=O) groups excluding carboxylic acids is 1. The van der Waals surface area contributed by atoms with Crippen molar-refractivity contribution in [2.24, 2.45) is 0 Å². The Bertz CT molecular complexity index is 790. The molecule has 0 aliphatic carbocycles. The van der Waals surface area contributed by atoms with Gasteiger partial charge in [-0.05, 0) is 23.8 Å². The summed E-state index contributed by atoms with van der Waals surface area (Å²) in [5, 5.41) is 10.8. The molecule has 0 N–H and O–H groups in total. The molecule has 0 unspecified atom stereocenters. The van der Waals surface area contributed by atoms with Crippen molar-refractivity contribution < 1.29 is 19.2 Å². The van der Waals surface area contributed by atoms with Crippen LogP contribution in [0.2, 0.25) is 0 Å². The standard InChI is InChI=1S/C17H16N2O5/c1-18(17(20)13-3-2-4-14(10-13)19(21)22)11-12-5-6-15-16(9-12)24-8-7-23-15/h2-6,9-10H,7-8,11H2,1H3. The molecule has 1 heterocycles. The molecule has 1 aliphatic heterocycles. The predicted octanol–water partition coefficient (Wildman–Crippen LogP) is 2.64. The number of nitrogens with zero attached hydrogens (tertiary/aromatic N) is 2. The van der Waals surface area contributed by atoms with Gasteiger partial charge in [0.1, 0.15) is 13.2 Å². The third-order valence-corrected chi connectivity index (χ3v) is 3.68. The van der Waals surface area contributed by atoms with Crippen LogP contribution in [0.5, 0.6) is 11.5 Å². The maximum atomic E-state index is 12.5. The van der Waals surface area contributed by atoms with Gasteiger partial charge in [-0.15, -0.1) is 0 Å². The summed E-state index contributed by atoms with van der Waals surface area (Å²) < 4.78 is 11.0. The van der Waals surface area contributed by atoms with Crippen LogP contribution in [-0.4, -0.2) is 36.0 Å². The first-order valence-electron chi connectivity index (χ1n) is 7.43. The Morgan fingerprint density at radius 2 is 1.92 bits per heavy atom. The number of ether oxygens (including phenoxy) is 2. The first-order valence-corrected chi connectivity index (χ1v) is 7.43. The number of amides is 1. The van der Waals surface area contributed by atoms with Crippen LogP contribution in [0.4, 0.5) is 5.69 Å². The van der Waals surface area contributed by atoms with E-state index in [0.717, 1.165) is 5.56 Å². The highest BCUT2D eigenvalue weighted by molar-refractivity contribution is 5.94. The average molecular weight is 328 g/mol. The van der Waals surface area contributed by atoms with E-state index in [1.165, 1.54) is 23.1 Å². The molecule has 7 heteroatoms. The zero-order chi connectivity index (χ0) is 17.1. The first-order chi connectivity index (χ1) is 11.5. The van der Waals surface area contributed by atoms with Gasteiger partial charge in [0.15, 0.2) is 11.5 Å². The van der Waals surface area contributed by atoms with Crippen molar-refractivity contribution in [3.05, 3.63) is 63.7 Å². The van der Waals surface area contributed by atoms with Gasteiger partial charge in [-0.2, -0.15) is 0 Å². The molecule has 0 atom stereocenters. The van der Waals surface area contributed by atoms with Gasteiger partial charge in [-0.1, -0.05) is 12.1 Å². The van der Waals surface area contributed by atoms with Crippen LogP contribution in [0.3, 0.4) is 0 Å². The Morgan fingerprint density at radius 3 is 2.67 bits per heavy atom. The third-order valence-electron chi connectivity index (χ3n) is 3.68.